The van der Waals surface area contributed by atoms with Crippen LogP contribution in [0.3, 0.4) is 0 Å². The molecule has 156 valence electrons. The van der Waals surface area contributed by atoms with E-state index in [1.54, 1.807) is 0 Å². The van der Waals surface area contributed by atoms with Gasteiger partial charge in [0.05, 0.1) is 18.5 Å². The van der Waals surface area contributed by atoms with Crippen molar-refractivity contribution in [2.24, 2.45) is 0 Å². The summed E-state index contributed by atoms with van der Waals surface area (Å²) in [5.41, 5.74) is 3.04. The number of benzene rings is 2. The van der Waals surface area contributed by atoms with Crippen molar-refractivity contribution in [3.63, 3.8) is 0 Å². The zero-order valence-electron chi connectivity index (χ0n) is 16.9. The highest BCUT2D eigenvalue weighted by Gasteiger charge is 2.23. The summed E-state index contributed by atoms with van der Waals surface area (Å²) in [5.74, 6) is 1.11. The summed E-state index contributed by atoms with van der Waals surface area (Å²) in [6.45, 7) is 5.86. The molecule has 1 amide bonds. The second kappa shape index (κ2) is 9.20. The van der Waals surface area contributed by atoms with Gasteiger partial charge in [0.1, 0.15) is 0 Å². The maximum atomic E-state index is 12.7. The van der Waals surface area contributed by atoms with Crippen molar-refractivity contribution in [1.82, 2.24) is 19.7 Å². The predicted molar refractivity (Wildman–Crippen MR) is 119 cm³/mol. The zero-order valence-corrected chi connectivity index (χ0v) is 18.5. The molecule has 30 heavy (non-hydrogen) atoms. The van der Waals surface area contributed by atoms with Crippen LogP contribution in [-0.4, -0.2) is 57.1 Å². The summed E-state index contributed by atoms with van der Waals surface area (Å²) in [7, 11) is 0. The third-order valence-electron chi connectivity index (χ3n) is 4.95. The minimum Gasteiger partial charge on any atom is -0.375 e. The van der Waals surface area contributed by atoms with E-state index in [-0.39, 0.29) is 12.0 Å². The molecule has 8 heteroatoms. The maximum absolute atomic E-state index is 12.7. The Bertz CT molecular complexity index is 1020. The number of ether oxygens (including phenoxy) is 1. The number of thioether (sulfide) groups is 1. The Morgan fingerprint density at radius 1 is 1.17 bits per heavy atom. The van der Waals surface area contributed by atoms with Crippen LogP contribution in [0, 0.1) is 6.92 Å². The lowest BCUT2D eigenvalue weighted by Crippen LogP contribution is -2.45. The molecular formula is C22H23ClN4O2S. The highest BCUT2D eigenvalue weighted by Crippen LogP contribution is 2.29. The molecule has 1 fully saturated rings. The Kier molecular flexibility index (Phi) is 6.41. The third kappa shape index (κ3) is 4.69. The van der Waals surface area contributed by atoms with Gasteiger partial charge in [0.2, 0.25) is 5.91 Å². The van der Waals surface area contributed by atoms with Crippen LogP contribution in [0.4, 0.5) is 0 Å². The van der Waals surface area contributed by atoms with Crippen LogP contribution in [-0.2, 0) is 9.53 Å². The van der Waals surface area contributed by atoms with Gasteiger partial charge in [-0.1, -0.05) is 53.2 Å². The molecule has 6 nitrogen and oxygen atoms in total. The van der Waals surface area contributed by atoms with Crippen LogP contribution in [0.2, 0.25) is 5.02 Å². The molecule has 1 aliphatic heterocycles. The van der Waals surface area contributed by atoms with E-state index in [9.17, 15) is 4.79 Å². The quantitative estimate of drug-likeness (QED) is 0.553. The van der Waals surface area contributed by atoms with E-state index in [0.29, 0.717) is 35.6 Å². The lowest BCUT2D eigenvalue weighted by Gasteiger charge is -2.31. The SMILES string of the molecule is Cc1ccc(-c2nnc(SCC(=O)N3CCOC(C)C3)n2-c2ccc(Cl)cc2)cc1. The Labute approximate surface area is 185 Å². The maximum Gasteiger partial charge on any atom is 0.233 e. The molecule has 3 aromatic rings. The van der Waals surface area contributed by atoms with Crippen LogP contribution in [0.15, 0.2) is 53.7 Å². The summed E-state index contributed by atoms with van der Waals surface area (Å²) in [4.78, 5) is 14.6. The number of hydrogen-bond donors (Lipinski definition) is 0. The van der Waals surface area contributed by atoms with Gasteiger partial charge >= 0.3 is 0 Å². The minimum absolute atomic E-state index is 0.0681. The average molecular weight is 443 g/mol. The van der Waals surface area contributed by atoms with Gasteiger partial charge in [-0.25, -0.2) is 0 Å². The topological polar surface area (TPSA) is 60.3 Å². The fourth-order valence-corrected chi connectivity index (χ4v) is 4.32. The van der Waals surface area contributed by atoms with Gasteiger partial charge in [0.15, 0.2) is 11.0 Å². The summed E-state index contributed by atoms with van der Waals surface area (Å²) in [6, 6.07) is 15.7. The van der Waals surface area contributed by atoms with Crippen LogP contribution in [0.5, 0.6) is 0 Å². The van der Waals surface area contributed by atoms with Crippen LogP contribution >= 0.6 is 23.4 Å². The number of carbonyl (C=O) groups is 1. The molecule has 1 aliphatic rings. The number of morpholine rings is 1. The van der Waals surface area contributed by atoms with E-state index in [0.717, 1.165) is 17.1 Å². The van der Waals surface area contributed by atoms with Gasteiger partial charge in [-0.2, -0.15) is 0 Å². The van der Waals surface area contributed by atoms with E-state index >= 15 is 0 Å². The molecule has 2 heterocycles. The van der Waals surface area contributed by atoms with E-state index in [1.165, 1.54) is 17.3 Å². The van der Waals surface area contributed by atoms with Gasteiger partial charge < -0.3 is 9.64 Å². The van der Waals surface area contributed by atoms with Gasteiger partial charge in [-0.3, -0.25) is 9.36 Å². The Hall–Kier alpha value is -2.35. The fraction of sp³-hybridized carbons (Fsp3) is 0.318. The van der Waals surface area contributed by atoms with Crippen molar-refractivity contribution < 1.29 is 9.53 Å². The first-order chi connectivity index (χ1) is 14.5. The number of hydrogen-bond acceptors (Lipinski definition) is 5. The molecule has 0 aliphatic carbocycles. The number of nitrogens with zero attached hydrogens (tertiary/aromatic N) is 4. The largest absolute Gasteiger partial charge is 0.375 e. The number of aromatic nitrogens is 3. The van der Waals surface area contributed by atoms with E-state index < -0.39 is 0 Å². The van der Waals surface area contributed by atoms with Crippen molar-refractivity contribution in [1.29, 1.82) is 0 Å². The Morgan fingerprint density at radius 3 is 2.60 bits per heavy atom. The standard InChI is InChI=1S/C22H23ClN4O2S/c1-15-3-5-17(6-4-15)21-24-25-22(27(21)19-9-7-18(23)8-10-19)30-14-20(28)26-11-12-29-16(2)13-26/h3-10,16H,11-14H2,1-2H3. The molecule has 0 N–H and O–H groups in total. The highest BCUT2D eigenvalue weighted by molar-refractivity contribution is 7.99. The molecule has 1 unspecified atom stereocenters. The number of halogens is 1. The van der Waals surface area contributed by atoms with E-state index in [2.05, 4.69) is 10.2 Å². The fourth-order valence-electron chi connectivity index (χ4n) is 3.34. The van der Waals surface area contributed by atoms with Crippen molar-refractivity contribution in [2.45, 2.75) is 25.1 Å². The summed E-state index contributed by atoms with van der Waals surface area (Å²) in [6.07, 6.45) is 0.0681. The Balaban J connectivity index is 1.61. The first-order valence-corrected chi connectivity index (χ1v) is 11.2. The molecule has 1 aromatic heterocycles. The van der Waals surface area contributed by atoms with E-state index in [1.807, 2.05) is 71.8 Å². The number of amides is 1. The smallest absolute Gasteiger partial charge is 0.233 e. The summed E-state index contributed by atoms with van der Waals surface area (Å²) >= 11 is 7.47. The second-order valence-electron chi connectivity index (χ2n) is 7.29. The molecule has 2 aromatic carbocycles. The molecule has 1 saturated heterocycles. The number of carbonyl (C=O) groups excluding carboxylic acids is 1. The normalized spacial score (nSPS) is 16.6. The minimum atomic E-state index is 0.0681. The van der Waals surface area contributed by atoms with Crippen molar-refractivity contribution >= 4 is 29.3 Å². The second-order valence-corrected chi connectivity index (χ2v) is 8.67. The molecular weight excluding hydrogens is 420 g/mol. The molecule has 0 bridgehead atoms. The Morgan fingerprint density at radius 2 is 1.90 bits per heavy atom. The highest BCUT2D eigenvalue weighted by atomic mass is 35.5. The summed E-state index contributed by atoms with van der Waals surface area (Å²) < 4.78 is 7.50. The summed E-state index contributed by atoms with van der Waals surface area (Å²) in [5, 5.41) is 10.2. The molecule has 0 radical (unpaired) electrons. The van der Waals surface area contributed by atoms with Gasteiger partial charge in [0, 0.05) is 29.4 Å². The molecule has 4 rings (SSSR count). The molecule has 0 saturated carbocycles. The lowest BCUT2D eigenvalue weighted by molar-refractivity contribution is -0.135. The first-order valence-electron chi connectivity index (χ1n) is 9.82. The van der Waals surface area contributed by atoms with Crippen LogP contribution in [0.1, 0.15) is 12.5 Å². The molecule has 0 spiro atoms. The average Bonchev–Trinajstić information content (AvgIpc) is 3.17. The third-order valence-corrected chi connectivity index (χ3v) is 6.11. The molecule has 1 atom stereocenters. The van der Waals surface area contributed by atoms with Gasteiger partial charge in [-0.05, 0) is 38.1 Å². The van der Waals surface area contributed by atoms with Crippen molar-refractivity contribution in [3.8, 4) is 17.1 Å². The zero-order chi connectivity index (χ0) is 21.1. The van der Waals surface area contributed by atoms with Gasteiger partial charge in [0.25, 0.3) is 0 Å². The van der Waals surface area contributed by atoms with Crippen LogP contribution in [0.25, 0.3) is 17.1 Å². The number of rotatable bonds is 5. The van der Waals surface area contributed by atoms with Gasteiger partial charge in [-0.15, -0.1) is 10.2 Å². The van der Waals surface area contributed by atoms with Crippen LogP contribution < -0.4 is 0 Å². The lowest BCUT2D eigenvalue weighted by atomic mass is 10.1. The van der Waals surface area contributed by atoms with Crippen molar-refractivity contribution in [3.05, 3.63) is 59.1 Å². The first kappa shape index (κ1) is 20.9. The monoisotopic (exact) mass is 442 g/mol. The number of aryl methyl sites for hydroxylation is 1. The predicted octanol–water partition coefficient (Wildman–Crippen LogP) is 4.24. The van der Waals surface area contributed by atoms with E-state index in [4.69, 9.17) is 16.3 Å². The van der Waals surface area contributed by atoms with Crippen molar-refractivity contribution in [2.75, 3.05) is 25.4 Å².